The summed E-state index contributed by atoms with van der Waals surface area (Å²) >= 11 is 3.63. The second-order valence-corrected chi connectivity index (χ2v) is 4.74. The highest BCUT2D eigenvalue weighted by Gasteiger charge is 2.00. The number of aliphatic hydroxyl groups excluding tert-OH is 1. The highest BCUT2D eigenvalue weighted by Crippen LogP contribution is 2.17. The van der Waals surface area contributed by atoms with E-state index in [1.807, 2.05) is 11.8 Å². The quantitative estimate of drug-likeness (QED) is 0.792. The van der Waals surface area contributed by atoms with Crippen molar-refractivity contribution in [2.24, 2.45) is 5.92 Å². The Balaban J connectivity index is 2.11. The van der Waals surface area contributed by atoms with E-state index in [0.29, 0.717) is 12.5 Å². The van der Waals surface area contributed by atoms with Crippen LogP contribution in [0.5, 0.6) is 0 Å². The van der Waals surface area contributed by atoms with Gasteiger partial charge in [-0.15, -0.1) is 0 Å². The lowest BCUT2D eigenvalue weighted by Crippen LogP contribution is -2.03. The molecule has 0 saturated carbocycles. The molecule has 1 aromatic heterocycles. The third kappa shape index (κ3) is 3.61. The van der Waals surface area contributed by atoms with Crippen LogP contribution in [0.2, 0.25) is 0 Å². The van der Waals surface area contributed by atoms with E-state index in [1.54, 1.807) is 11.3 Å². The summed E-state index contributed by atoms with van der Waals surface area (Å²) in [5.74, 6) is 2.55. The summed E-state index contributed by atoms with van der Waals surface area (Å²) in [4.78, 5) is 0. The Morgan fingerprint density at radius 3 is 3.08 bits per heavy atom. The zero-order valence-electron chi connectivity index (χ0n) is 7.19. The lowest BCUT2D eigenvalue weighted by molar-refractivity contribution is 0.250. The maximum absolute atomic E-state index is 8.78. The summed E-state index contributed by atoms with van der Waals surface area (Å²) in [5, 5.41) is 13.1. The van der Waals surface area contributed by atoms with Gasteiger partial charge in [0.1, 0.15) is 0 Å². The predicted molar refractivity (Wildman–Crippen MR) is 56.7 cm³/mol. The first-order chi connectivity index (χ1) is 5.83. The van der Waals surface area contributed by atoms with Crippen molar-refractivity contribution in [2.75, 3.05) is 12.4 Å². The molecule has 0 saturated heterocycles. The smallest absolute Gasteiger partial charge is 0.0464 e. The number of thiophene rings is 1. The fraction of sp³-hybridized carbons (Fsp3) is 0.556. The molecule has 68 valence electrons. The monoisotopic (exact) mass is 202 g/mol. The largest absolute Gasteiger partial charge is 0.396 e. The van der Waals surface area contributed by atoms with E-state index in [1.165, 1.54) is 5.56 Å². The van der Waals surface area contributed by atoms with Crippen molar-refractivity contribution in [1.29, 1.82) is 0 Å². The minimum absolute atomic E-state index is 0.302. The second-order valence-electron chi connectivity index (χ2n) is 2.93. The number of thioether (sulfide) groups is 1. The molecule has 1 N–H and O–H groups in total. The van der Waals surface area contributed by atoms with Gasteiger partial charge >= 0.3 is 0 Å². The van der Waals surface area contributed by atoms with Crippen LogP contribution in [-0.4, -0.2) is 17.5 Å². The normalized spacial score (nSPS) is 13.2. The van der Waals surface area contributed by atoms with Crippen LogP contribution in [0.15, 0.2) is 16.8 Å². The Labute approximate surface area is 81.8 Å². The Bertz CT molecular complexity index is 196. The summed E-state index contributed by atoms with van der Waals surface area (Å²) < 4.78 is 0. The van der Waals surface area contributed by atoms with Crippen LogP contribution < -0.4 is 0 Å². The molecule has 1 unspecified atom stereocenters. The summed E-state index contributed by atoms with van der Waals surface area (Å²) in [5.41, 5.74) is 1.40. The van der Waals surface area contributed by atoms with Gasteiger partial charge in [0, 0.05) is 12.4 Å². The zero-order chi connectivity index (χ0) is 8.81. The number of hydrogen-bond acceptors (Lipinski definition) is 3. The molecule has 1 heterocycles. The van der Waals surface area contributed by atoms with Gasteiger partial charge in [-0.3, -0.25) is 0 Å². The van der Waals surface area contributed by atoms with Crippen LogP contribution in [0, 0.1) is 5.92 Å². The van der Waals surface area contributed by atoms with E-state index in [4.69, 9.17) is 5.11 Å². The zero-order valence-corrected chi connectivity index (χ0v) is 8.83. The maximum Gasteiger partial charge on any atom is 0.0464 e. The van der Waals surface area contributed by atoms with Gasteiger partial charge < -0.3 is 5.11 Å². The van der Waals surface area contributed by atoms with E-state index >= 15 is 0 Å². The molecule has 0 aromatic carbocycles. The first-order valence-electron chi connectivity index (χ1n) is 4.02. The van der Waals surface area contributed by atoms with Gasteiger partial charge in [-0.05, 0) is 34.1 Å². The minimum atomic E-state index is 0.302. The molecule has 12 heavy (non-hydrogen) atoms. The molecule has 0 aliphatic heterocycles. The van der Waals surface area contributed by atoms with E-state index in [9.17, 15) is 0 Å². The Hall–Kier alpha value is 0.01000. The molecule has 0 bridgehead atoms. The molecule has 0 amide bonds. The maximum atomic E-state index is 8.78. The molecule has 1 aromatic rings. The first-order valence-corrected chi connectivity index (χ1v) is 6.12. The van der Waals surface area contributed by atoms with Crippen molar-refractivity contribution in [3.8, 4) is 0 Å². The fourth-order valence-electron chi connectivity index (χ4n) is 0.805. The van der Waals surface area contributed by atoms with Crippen molar-refractivity contribution >= 4 is 23.1 Å². The summed E-state index contributed by atoms with van der Waals surface area (Å²) in [7, 11) is 0. The second kappa shape index (κ2) is 5.62. The van der Waals surface area contributed by atoms with E-state index in [0.717, 1.165) is 11.5 Å². The van der Waals surface area contributed by atoms with Crippen LogP contribution in [0.25, 0.3) is 0 Å². The predicted octanol–water partition coefficient (Wildman–Crippen LogP) is 2.61. The van der Waals surface area contributed by atoms with E-state index < -0.39 is 0 Å². The van der Waals surface area contributed by atoms with E-state index in [2.05, 4.69) is 23.8 Å². The molecule has 0 aliphatic rings. The standard InChI is InChI=1S/C9H14OS2/c1-8(4-10)5-12-7-9-2-3-11-6-9/h2-3,6,8,10H,4-5,7H2,1H3. The first kappa shape index (κ1) is 10.1. The lowest BCUT2D eigenvalue weighted by atomic mass is 10.2. The number of aliphatic hydroxyl groups is 1. The van der Waals surface area contributed by atoms with Gasteiger partial charge in [0.25, 0.3) is 0 Å². The van der Waals surface area contributed by atoms with Crippen molar-refractivity contribution < 1.29 is 5.11 Å². The van der Waals surface area contributed by atoms with Gasteiger partial charge in [-0.25, -0.2) is 0 Å². The molecule has 3 heteroatoms. The summed E-state index contributed by atoms with van der Waals surface area (Å²) in [6.45, 7) is 2.37. The number of hydrogen-bond donors (Lipinski definition) is 1. The van der Waals surface area contributed by atoms with Crippen molar-refractivity contribution in [2.45, 2.75) is 12.7 Å². The van der Waals surface area contributed by atoms with Crippen LogP contribution in [0.1, 0.15) is 12.5 Å². The summed E-state index contributed by atoms with van der Waals surface area (Å²) in [6, 6.07) is 2.15. The third-order valence-electron chi connectivity index (χ3n) is 1.56. The molecule has 1 nitrogen and oxygen atoms in total. The molecule has 0 aliphatic carbocycles. The van der Waals surface area contributed by atoms with Crippen LogP contribution >= 0.6 is 23.1 Å². The molecule has 1 rings (SSSR count). The molecule has 0 radical (unpaired) electrons. The third-order valence-corrected chi connectivity index (χ3v) is 3.64. The minimum Gasteiger partial charge on any atom is -0.396 e. The van der Waals surface area contributed by atoms with Crippen molar-refractivity contribution in [3.05, 3.63) is 22.4 Å². The van der Waals surface area contributed by atoms with Gasteiger partial charge in [-0.2, -0.15) is 23.1 Å². The average molecular weight is 202 g/mol. The molecular formula is C9H14OS2. The van der Waals surface area contributed by atoms with E-state index in [-0.39, 0.29) is 0 Å². The molecule has 0 spiro atoms. The number of rotatable bonds is 5. The van der Waals surface area contributed by atoms with Crippen molar-refractivity contribution in [3.63, 3.8) is 0 Å². The van der Waals surface area contributed by atoms with Gasteiger partial charge in [0.2, 0.25) is 0 Å². The van der Waals surface area contributed by atoms with Gasteiger partial charge in [-0.1, -0.05) is 6.92 Å². The Morgan fingerprint density at radius 2 is 2.50 bits per heavy atom. The molecular weight excluding hydrogens is 188 g/mol. The van der Waals surface area contributed by atoms with Gasteiger partial charge in [0.05, 0.1) is 0 Å². The SMILES string of the molecule is CC(CO)CSCc1ccsc1. The molecule has 1 atom stereocenters. The van der Waals surface area contributed by atoms with Crippen LogP contribution in [-0.2, 0) is 5.75 Å². The van der Waals surface area contributed by atoms with Gasteiger partial charge in [0.15, 0.2) is 0 Å². The molecule has 0 fully saturated rings. The Kier molecular flexibility index (Phi) is 4.73. The average Bonchev–Trinajstić information content (AvgIpc) is 2.57. The van der Waals surface area contributed by atoms with Crippen molar-refractivity contribution in [1.82, 2.24) is 0 Å². The topological polar surface area (TPSA) is 20.2 Å². The highest BCUT2D eigenvalue weighted by molar-refractivity contribution is 7.98. The van der Waals surface area contributed by atoms with Crippen LogP contribution in [0.3, 0.4) is 0 Å². The Morgan fingerprint density at radius 1 is 1.67 bits per heavy atom. The highest BCUT2D eigenvalue weighted by atomic mass is 32.2. The fourth-order valence-corrected chi connectivity index (χ4v) is 2.62. The summed E-state index contributed by atoms with van der Waals surface area (Å²) in [6.07, 6.45) is 0. The lowest BCUT2D eigenvalue weighted by Gasteiger charge is -2.05. The van der Waals surface area contributed by atoms with Crippen LogP contribution in [0.4, 0.5) is 0 Å².